The van der Waals surface area contributed by atoms with Crippen molar-refractivity contribution in [1.29, 1.82) is 0 Å². The molecule has 0 saturated carbocycles. The molecule has 0 atom stereocenters. The summed E-state index contributed by atoms with van der Waals surface area (Å²) in [6.07, 6.45) is 0. The predicted molar refractivity (Wildman–Crippen MR) is 63.9 cm³/mol. The molecule has 2 heteroatoms. The maximum Gasteiger partial charge on any atom is 0.115 e. The van der Waals surface area contributed by atoms with Crippen LogP contribution in [0.1, 0.15) is 33.3 Å². The molecule has 84 valence electrons. The van der Waals surface area contributed by atoms with Crippen LogP contribution in [0.25, 0.3) is 0 Å². The molecule has 0 aliphatic carbocycles. The molecular weight excluding hydrogens is 186 g/mol. The zero-order valence-corrected chi connectivity index (χ0v) is 10.1. The average Bonchev–Trinajstić information content (AvgIpc) is 2.13. The third-order valence-electron chi connectivity index (χ3n) is 2.60. The summed E-state index contributed by atoms with van der Waals surface area (Å²) in [6.45, 7) is 9.68. The lowest BCUT2D eigenvalue weighted by Crippen LogP contribution is -2.36. The Kier molecular flexibility index (Phi) is 4.15. The fourth-order valence-corrected chi connectivity index (χ4v) is 1.83. The van der Waals surface area contributed by atoms with Gasteiger partial charge in [-0.15, -0.1) is 0 Å². The Morgan fingerprint density at radius 3 is 2.20 bits per heavy atom. The Morgan fingerprint density at radius 2 is 1.73 bits per heavy atom. The largest absolute Gasteiger partial charge is 0.508 e. The van der Waals surface area contributed by atoms with Gasteiger partial charge in [-0.2, -0.15) is 0 Å². The van der Waals surface area contributed by atoms with Gasteiger partial charge in [0, 0.05) is 18.6 Å². The molecule has 0 radical (unpaired) electrons. The maximum atomic E-state index is 9.38. The molecule has 1 aromatic rings. The molecule has 1 N–H and O–H groups in total. The zero-order valence-electron chi connectivity index (χ0n) is 10.1. The van der Waals surface area contributed by atoms with Gasteiger partial charge in [0.1, 0.15) is 5.75 Å². The quantitative estimate of drug-likeness (QED) is 0.820. The van der Waals surface area contributed by atoms with Gasteiger partial charge in [0.25, 0.3) is 0 Å². The minimum Gasteiger partial charge on any atom is -0.508 e. The first-order chi connectivity index (χ1) is 7.00. The summed E-state index contributed by atoms with van der Waals surface area (Å²) in [4.78, 5) is 2.40. The van der Waals surface area contributed by atoms with E-state index in [-0.39, 0.29) is 0 Å². The molecule has 0 aliphatic heterocycles. The maximum absolute atomic E-state index is 9.38. The Labute approximate surface area is 92.5 Å². The van der Waals surface area contributed by atoms with E-state index in [0.29, 0.717) is 17.8 Å². The van der Waals surface area contributed by atoms with E-state index in [9.17, 15) is 5.11 Å². The Balaban J connectivity index is 2.74. The molecule has 0 spiro atoms. The molecule has 0 saturated heterocycles. The fraction of sp³-hybridized carbons (Fsp3) is 0.538. The van der Waals surface area contributed by atoms with Gasteiger partial charge in [-0.1, -0.05) is 12.1 Å². The van der Waals surface area contributed by atoms with Crippen LogP contribution in [0, 0.1) is 0 Å². The van der Waals surface area contributed by atoms with E-state index in [0.717, 1.165) is 12.1 Å². The first-order valence-electron chi connectivity index (χ1n) is 5.54. The van der Waals surface area contributed by atoms with Crippen molar-refractivity contribution < 1.29 is 5.11 Å². The van der Waals surface area contributed by atoms with Crippen LogP contribution < -0.4 is 0 Å². The Morgan fingerprint density at radius 1 is 1.13 bits per heavy atom. The lowest BCUT2D eigenvalue weighted by Gasteiger charge is -2.30. The molecule has 2 nitrogen and oxygen atoms in total. The standard InChI is InChI=1S/C13H21NO/c1-10(2)14(11(3)4)9-12-6-5-7-13(15)8-12/h5-8,10-11,15H,9H2,1-4H3. The zero-order chi connectivity index (χ0) is 11.4. The first-order valence-corrected chi connectivity index (χ1v) is 5.54. The molecule has 0 aliphatic rings. The molecule has 0 fully saturated rings. The van der Waals surface area contributed by atoms with Crippen LogP contribution in [0.15, 0.2) is 24.3 Å². The van der Waals surface area contributed by atoms with Gasteiger partial charge in [0.2, 0.25) is 0 Å². The van der Waals surface area contributed by atoms with Gasteiger partial charge in [-0.3, -0.25) is 4.90 Å². The minimum absolute atomic E-state index is 0.347. The minimum atomic E-state index is 0.347. The highest BCUT2D eigenvalue weighted by molar-refractivity contribution is 5.27. The van der Waals surface area contributed by atoms with Crippen LogP contribution >= 0.6 is 0 Å². The smallest absolute Gasteiger partial charge is 0.115 e. The van der Waals surface area contributed by atoms with Gasteiger partial charge in [-0.05, 0) is 45.4 Å². The number of phenolic OH excluding ortho intramolecular Hbond substituents is 1. The van der Waals surface area contributed by atoms with E-state index < -0.39 is 0 Å². The van der Waals surface area contributed by atoms with Crippen molar-refractivity contribution in [1.82, 2.24) is 4.90 Å². The number of benzene rings is 1. The summed E-state index contributed by atoms with van der Waals surface area (Å²) < 4.78 is 0. The number of aromatic hydroxyl groups is 1. The molecular formula is C13H21NO. The van der Waals surface area contributed by atoms with Gasteiger partial charge in [-0.25, -0.2) is 0 Å². The Hall–Kier alpha value is -1.02. The van der Waals surface area contributed by atoms with Crippen LogP contribution in [-0.4, -0.2) is 22.1 Å². The van der Waals surface area contributed by atoms with Crippen molar-refractivity contribution in [2.24, 2.45) is 0 Å². The number of phenols is 1. The number of nitrogens with zero attached hydrogens (tertiary/aromatic N) is 1. The third-order valence-corrected chi connectivity index (χ3v) is 2.60. The molecule has 0 unspecified atom stereocenters. The van der Waals surface area contributed by atoms with Crippen LogP contribution in [-0.2, 0) is 6.54 Å². The van der Waals surface area contributed by atoms with E-state index in [1.807, 2.05) is 12.1 Å². The van der Waals surface area contributed by atoms with Crippen LogP contribution in [0.2, 0.25) is 0 Å². The SMILES string of the molecule is CC(C)N(Cc1cccc(O)c1)C(C)C. The van der Waals surface area contributed by atoms with E-state index in [2.05, 4.69) is 38.7 Å². The van der Waals surface area contributed by atoms with E-state index in [4.69, 9.17) is 0 Å². The van der Waals surface area contributed by atoms with Crippen molar-refractivity contribution in [3.8, 4) is 5.75 Å². The van der Waals surface area contributed by atoms with Crippen LogP contribution in [0.3, 0.4) is 0 Å². The first kappa shape index (κ1) is 12.1. The predicted octanol–water partition coefficient (Wildman–Crippen LogP) is 3.01. The molecule has 0 heterocycles. The summed E-state index contributed by atoms with van der Waals surface area (Å²) in [5.74, 6) is 0.347. The molecule has 0 aromatic heterocycles. The van der Waals surface area contributed by atoms with Gasteiger partial charge >= 0.3 is 0 Å². The van der Waals surface area contributed by atoms with Crippen molar-refractivity contribution in [3.63, 3.8) is 0 Å². The van der Waals surface area contributed by atoms with Crippen LogP contribution in [0.5, 0.6) is 5.75 Å². The summed E-state index contributed by atoms with van der Waals surface area (Å²) in [5, 5.41) is 9.38. The molecule has 1 rings (SSSR count). The molecule has 0 bridgehead atoms. The van der Waals surface area contributed by atoms with Gasteiger partial charge in [0.05, 0.1) is 0 Å². The lowest BCUT2D eigenvalue weighted by molar-refractivity contribution is 0.166. The van der Waals surface area contributed by atoms with E-state index in [1.54, 1.807) is 6.07 Å². The highest BCUT2D eigenvalue weighted by atomic mass is 16.3. The fourth-order valence-electron chi connectivity index (χ4n) is 1.83. The second-order valence-corrected chi connectivity index (χ2v) is 4.53. The number of hydrogen-bond acceptors (Lipinski definition) is 2. The topological polar surface area (TPSA) is 23.5 Å². The van der Waals surface area contributed by atoms with Crippen molar-refractivity contribution in [2.75, 3.05) is 0 Å². The summed E-state index contributed by atoms with van der Waals surface area (Å²) in [6, 6.07) is 8.52. The number of hydrogen-bond donors (Lipinski definition) is 1. The van der Waals surface area contributed by atoms with E-state index in [1.165, 1.54) is 0 Å². The monoisotopic (exact) mass is 207 g/mol. The van der Waals surface area contributed by atoms with Crippen molar-refractivity contribution in [2.45, 2.75) is 46.3 Å². The van der Waals surface area contributed by atoms with E-state index >= 15 is 0 Å². The molecule has 0 amide bonds. The summed E-state index contributed by atoms with van der Waals surface area (Å²) in [7, 11) is 0. The second-order valence-electron chi connectivity index (χ2n) is 4.53. The van der Waals surface area contributed by atoms with Crippen LogP contribution in [0.4, 0.5) is 0 Å². The van der Waals surface area contributed by atoms with Gasteiger partial charge in [0.15, 0.2) is 0 Å². The number of rotatable bonds is 4. The second kappa shape index (κ2) is 5.17. The van der Waals surface area contributed by atoms with Gasteiger partial charge < -0.3 is 5.11 Å². The normalized spacial score (nSPS) is 11.7. The van der Waals surface area contributed by atoms with Crippen molar-refractivity contribution >= 4 is 0 Å². The molecule has 1 aromatic carbocycles. The van der Waals surface area contributed by atoms with Crippen molar-refractivity contribution in [3.05, 3.63) is 29.8 Å². The average molecular weight is 207 g/mol. The third kappa shape index (κ3) is 3.56. The molecule has 15 heavy (non-hydrogen) atoms. The highest BCUT2D eigenvalue weighted by Crippen LogP contribution is 2.16. The summed E-state index contributed by atoms with van der Waals surface area (Å²) in [5.41, 5.74) is 1.16. The lowest BCUT2D eigenvalue weighted by atomic mass is 10.1. The summed E-state index contributed by atoms with van der Waals surface area (Å²) >= 11 is 0. The highest BCUT2D eigenvalue weighted by Gasteiger charge is 2.13. The Bertz CT molecular complexity index is 299.